The molecule has 2 N–H and O–H groups in total. The molecule has 14 heavy (non-hydrogen) atoms. The van der Waals surface area contributed by atoms with Gasteiger partial charge in [0.05, 0.1) is 0 Å². The van der Waals surface area contributed by atoms with Crippen LogP contribution in [-0.4, -0.2) is 6.04 Å². The van der Waals surface area contributed by atoms with Crippen LogP contribution in [0, 0.1) is 12.3 Å². The highest BCUT2D eigenvalue weighted by atomic mass is 35.5. The first-order valence-electron chi connectivity index (χ1n) is 4.66. The first kappa shape index (κ1) is 11.1. The van der Waals surface area contributed by atoms with Crippen LogP contribution in [-0.2, 0) is 6.42 Å². The minimum absolute atomic E-state index is 0.103. The van der Waals surface area contributed by atoms with E-state index in [1.165, 1.54) is 0 Å². The van der Waals surface area contributed by atoms with Crippen molar-refractivity contribution in [1.82, 2.24) is 0 Å². The SMILES string of the molecule is C#CCCC(N)Cc1ccccc1Cl. The van der Waals surface area contributed by atoms with Crippen LogP contribution in [0.25, 0.3) is 0 Å². The maximum absolute atomic E-state index is 6.01. The van der Waals surface area contributed by atoms with Gasteiger partial charge in [0.1, 0.15) is 0 Å². The molecule has 0 aliphatic rings. The molecule has 1 aromatic carbocycles. The van der Waals surface area contributed by atoms with Crippen LogP contribution in [0.4, 0.5) is 0 Å². The number of hydrogen-bond acceptors (Lipinski definition) is 1. The molecule has 74 valence electrons. The van der Waals surface area contributed by atoms with E-state index in [0.29, 0.717) is 0 Å². The van der Waals surface area contributed by atoms with E-state index >= 15 is 0 Å². The second kappa shape index (κ2) is 5.70. The smallest absolute Gasteiger partial charge is 0.0438 e. The minimum Gasteiger partial charge on any atom is -0.327 e. The van der Waals surface area contributed by atoms with Gasteiger partial charge in [0, 0.05) is 17.5 Å². The van der Waals surface area contributed by atoms with Crippen molar-refractivity contribution in [2.45, 2.75) is 25.3 Å². The third-order valence-corrected chi connectivity index (χ3v) is 2.47. The number of rotatable bonds is 4. The highest BCUT2D eigenvalue weighted by Crippen LogP contribution is 2.17. The van der Waals surface area contributed by atoms with E-state index in [2.05, 4.69) is 5.92 Å². The van der Waals surface area contributed by atoms with Crippen molar-refractivity contribution in [2.75, 3.05) is 0 Å². The highest BCUT2D eigenvalue weighted by Gasteiger charge is 2.05. The quantitative estimate of drug-likeness (QED) is 0.755. The topological polar surface area (TPSA) is 26.0 Å². The average molecular weight is 208 g/mol. The summed E-state index contributed by atoms with van der Waals surface area (Å²) in [6, 6.07) is 7.86. The van der Waals surface area contributed by atoms with Crippen molar-refractivity contribution in [3.05, 3.63) is 34.9 Å². The lowest BCUT2D eigenvalue weighted by atomic mass is 10.0. The normalized spacial score (nSPS) is 12.1. The van der Waals surface area contributed by atoms with E-state index in [4.69, 9.17) is 23.8 Å². The lowest BCUT2D eigenvalue weighted by Gasteiger charge is -2.10. The standard InChI is InChI=1S/C12H14ClN/c1-2-3-7-11(14)9-10-6-4-5-8-12(10)13/h1,4-6,8,11H,3,7,9,14H2. The average Bonchev–Trinajstić information content (AvgIpc) is 2.18. The molecule has 0 bridgehead atoms. The van der Waals surface area contributed by atoms with Gasteiger partial charge in [0.15, 0.2) is 0 Å². The van der Waals surface area contributed by atoms with Gasteiger partial charge in [-0.2, -0.15) is 0 Å². The fourth-order valence-corrected chi connectivity index (χ4v) is 1.53. The van der Waals surface area contributed by atoms with Crippen LogP contribution in [0.3, 0.4) is 0 Å². The Labute approximate surface area is 90.3 Å². The van der Waals surface area contributed by atoms with E-state index in [-0.39, 0.29) is 6.04 Å². The molecule has 0 aliphatic carbocycles. The molecule has 0 saturated heterocycles. The Morgan fingerprint density at radius 1 is 1.43 bits per heavy atom. The molecule has 1 atom stereocenters. The van der Waals surface area contributed by atoms with Crippen LogP contribution < -0.4 is 5.73 Å². The highest BCUT2D eigenvalue weighted by molar-refractivity contribution is 6.31. The summed E-state index contributed by atoms with van der Waals surface area (Å²) in [6.45, 7) is 0. The summed E-state index contributed by atoms with van der Waals surface area (Å²) in [5.74, 6) is 2.59. The van der Waals surface area contributed by atoms with Crippen molar-refractivity contribution in [3.63, 3.8) is 0 Å². The molecular formula is C12H14ClN. The molecule has 0 heterocycles. The lowest BCUT2D eigenvalue weighted by molar-refractivity contribution is 0.623. The molecule has 1 nitrogen and oxygen atoms in total. The molecule has 0 amide bonds. The summed E-state index contributed by atoms with van der Waals surface area (Å²) >= 11 is 6.01. The summed E-state index contributed by atoms with van der Waals surface area (Å²) < 4.78 is 0. The Balaban J connectivity index is 2.52. The lowest BCUT2D eigenvalue weighted by Crippen LogP contribution is -2.22. The molecule has 1 aromatic rings. The van der Waals surface area contributed by atoms with Gasteiger partial charge in [-0.1, -0.05) is 29.8 Å². The second-order valence-electron chi connectivity index (χ2n) is 3.30. The minimum atomic E-state index is 0.103. The van der Waals surface area contributed by atoms with Crippen LogP contribution >= 0.6 is 11.6 Å². The van der Waals surface area contributed by atoms with Gasteiger partial charge in [-0.3, -0.25) is 0 Å². The molecule has 0 fully saturated rings. The van der Waals surface area contributed by atoms with Gasteiger partial charge in [0.2, 0.25) is 0 Å². The summed E-state index contributed by atoms with van der Waals surface area (Å²) in [5.41, 5.74) is 7.00. The zero-order chi connectivity index (χ0) is 10.4. The zero-order valence-corrected chi connectivity index (χ0v) is 8.80. The van der Waals surface area contributed by atoms with Gasteiger partial charge in [-0.25, -0.2) is 0 Å². The van der Waals surface area contributed by atoms with Crippen molar-refractivity contribution < 1.29 is 0 Å². The molecule has 0 saturated carbocycles. The predicted octanol–water partition coefficient (Wildman–Crippen LogP) is 2.62. The van der Waals surface area contributed by atoms with Crippen molar-refractivity contribution in [3.8, 4) is 12.3 Å². The van der Waals surface area contributed by atoms with Gasteiger partial charge < -0.3 is 5.73 Å². The number of benzene rings is 1. The van der Waals surface area contributed by atoms with Crippen LogP contribution in [0.2, 0.25) is 5.02 Å². The first-order valence-corrected chi connectivity index (χ1v) is 5.04. The fraction of sp³-hybridized carbons (Fsp3) is 0.333. The predicted molar refractivity (Wildman–Crippen MR) is 61.2 cm³/mol. The third-order valence-electron chi connectivity index (χ3n) is 2.10. The molecule has 1 unspecified atom stereocenters. The largest absolute Gasteiger partial charge is 0.327 e. The van der Waals surface area contributed by atoms with E-state index in [9.17, 15) is 0 Å². The summed E-state index contributed by atoms with van der Waals surface area (Å²) in [6.07, 6.45) is 7.54. The monoisotopic (exact) mass is 207 g/mol. The van der Waals surface area contributed by atoms with E-state index < -0.39 is 0 Å². The molecule has 1 rings (SSSR count). The number of nitrogens with two attached hydrogens (primary N) is 1. The van der Waals surface area contributed by atoms with Gasteiger partial charge in [-0.05, 0) is 24.5 Å². The summed E-state index contributed by atoms with van der Waals surface area (Å²) in [7, 11) is 0. The number of terminal acetylenes is 1. The first-order chi connectivity index (χ1) is 6.74. The Morgan fingerprint density at radius 2 is 2.14 bits per heavy atom. The van der Waals surface area contributed by atoms with Crippen molar-refractivity contribution in [2.24, 2.45) is 5.73 Å². The third kappa shape index (κ3) is 3.41. The Morgan fingerprint density at radius 3 is 2.79 bits per heavy atom. The maximum atomic E-state index is 6.01. The Kier molecular flexibility index (Phi) is 4.52. The van der Waals surface area contributed by atoms with Crippen LogP contribution in [0.5, 0.6) is 0 Å². The molecule has 2 heteroatoms. The number of halogens is 1. The molecule has 0 aliphatic heterocycles. The fourth-order valence-electron chi connectivity index (χ4n) is 1.32. The second-order valence-corrected chi connectivity index (χ2v) is 3.71. The number of hydrogen-bond donors (Lipinski definition) is 1. The molecule has 0 radical (unpaired) electrons. The molecule has 0 spiro atoms. The zero-order valence-electron chi connectivity index (χ0n) is 8.04. The van der Waals surface area contributed by atoms with Crippen molar-refractivity contribution in [1.29, 1.82) is 0 Å². The van der Waals surface area contributed by atoms with Crippen molar-refractivity contribution >= 4 is 11.6 Å². The maximum Gasteiger partial charge on any atom is 0.0438 e. The van der Waals surface area contributed by atoms with E-state index in [1.807, 2.05) is 24.3 Å². The van der Waals surface area contributed by atoms with Gasteiger partial charge >= 0.3 is 0 Å². The van der Waals surface area contributed by atoms with Crippen LogP contribution in [0.1, 0.15) is 18.4 Å². The van der Waals surface area contributed by atoms with Gasteiger partial charge in [-0.15, -0.1) is 12.3 Å². The van der Waals surface area contributed by atoms with E-state index in [0.717, 1.165) is 29.8 Å². The summed E-state index contributed by atoms with van der Waals surface area (Å²) in [4.78, 5) is 0. The van der Waals surface area contributed by atoms with Crippen LogP contribution in [0.15, 0.2) is 24.3 Å². The Hall–Kier alpha value is -0.970. The molecule has 0 aromatic heterocycles. The van der Waals surface area contributed by atoms with E-state index in [1.54, 1.807) is 0 Å². The van der Waals surface area contributed by atoms with Gasteiger partial charge in [0.25, 0.3) is 0 Å². The Bertz CT molecular complexity index is 327. The molecular weight excluding hydrogens is 194 g/mol. The summed E-state index contributed by atoms with van der Waals surface area (Å²) in [5, 5.41) is 0.781.